The van der Waals surface area contributed by atoms with Gasteiger partial charge in [-0.15, -0.1) is 16.4 Å². The summed E-state index contributed by atoms with van der Waals surface area (Å²) in [5.74, 6) is -0.540. The molecule has 0 saturated carbocycles. The molecule has 5 rings (SSSR count). The minimum atomic E-state index is -0.453. The lowest BCUT2D eigenvalue weighted by Gasteiger charge is -2.16. The molecule has 2 amide bonds. The van der Waals surface area contributed by atoms with Crippen LogP contribution in [0, 0.1) is 12.8 Å². The van der Waals surface area contributed by atoms with Crippen molar-refractivity contribution >= 4 is 51.3 Å². The molecule has 1 N–H and O–H groups in total. The van der Waals surface area contributed by atoms with Crippen LogP contribution in [0.15, 0.2) is 53.9 Å². The Kier molecular flexibility index (Phi) is 4.95. The number of halogens is 1. The van der Waals surface area contributed by atoms with E-state index in [-0.39, 0.29) is 24.2 Å². The summed E-state index contributed by atoms with van der Waals surface area (Å²) in [4.78, 5) is 32.0. The average molecular weight is 452 g/mol. The van der Waals surface area contributed by atoms with Gasteiger partial charge in [0.1, 0.15) is 0 Å². The Labute approximate surface area is 187 Å². The second-order valence-electron chi connectivity index (χ2n) is 7.49. The maximum Gasteiger partial charge on any atom is 0.250 e. The summed E-state index contributed by atoms with van der Waals surface area (Å²) < 4.78 is 1.70. The zero-order valence-electron chi connectivity index (χ0n) is 16.6. The first-order chi connectivity index (χ1) is 15.0. The highest BCUT2D eigenvalue weighted by atomic mass is 35.5. The first-order valence-electron chi connectivity index (χ1n) is 9.76. The number of nitrogens with zero attached hydrogens (tertiary/aromatic N) is 4. The van der Waals surface area contributed by atoms with Crippen LogP contribution in [0.25, 0.3) is 16.2 Å². The van der Waals surface area contributed by atoms with E-state index in [0.29, 0.717) is 16.5 Å². The smallest absolute Gasteiger partial charge is 0.250 e. The third-order valence-corrected chi connectivity index (χ3v) is 6.37. The molecule has 1 unspecified atom stereocenters. The van der Waals surface area contributed by atoms with E-state index in [2.05, 4.69) is 15.4 Å². The van der Waals surface area contributed by atoms with Crippen LogP contribution in [0.1, 0.15) is 12.0 Å². The number of carbonyl (C=O) groups is 2. The molecule has 9 heteroatoms. The summed E-state index contributed by atoms with van der Waals surface area (Å²) in [7, 11) is 0. The Morgan fingerprint density at radius 1 is 1.16 bits per heavy atom. The predicted molar refractivity (Wildman–Crippen MR) is 122 cm³/mol. The van der Waals surface area contributed by atoms with E-state index >= 15 is 0 Å². The fourth-order valence-electron chi connectivity index (χ4n) is 3.62. The monoisotopic (exact) mass is 451 g/mol. The standard InChI is InChI=1S/C22H18ClN5O2S/c1-13-2-8-17(9-3-13)27-11-15(10-19(27)29)20(30)24-21-25-22-28(26-21)18(12-31-22)14-4-6-16(23)7-5-14/h2-9,12,15H,10-11H2,1H3,(H,24,26,30). The average Bonchev–Trinajstić information content (AvgIpc) is 3.44. The molecule has 1 atom stereocenters. The van der Waals surface area contributed by atoms with Crippen LogP contribution in [-0.2, 0) is 9.59 Å². The normalized spacial score (nSPS) is 16.3. The Morgan fingerprint density at radius 3 is 2.65 bits per heavy atom. The Morgan fingerprint density at radius 2 is 1.90 bits per heavy atom. The summed E-state index contributed by atoms with van der Waals surface area (Å²) in [5, 5.41) is 9.83. The Hall–Kier alpha value is -3.23. The first-order valence-corrected chi connectivity index (χ1v) is 11.0. The quantitative estimate of drug-likeness (QED) is 0.498. The topological polar surface area (TPSA) is 79.6 Å². The lowest BCUT2D eigenvalue weighted by atomic mass is 10.1. The number of rotatable bonds is 4. The third-order valence-electron chi connectivity index (χ3n) is 5.30. The van der Waals surface area contributed by atoms with Gasteiger partial charge in [-0.25, -0.2) is 4.52 Å². The van der Waals surface area contributed by atoms with Crippen LogP contribution in [0.3, 0.4) is 0 Å². The summed E-state index contributed by atoms with van der Waals surface area (Å²) in [6, 6.07) is 15.2. The molecular formula is C22H18ClN5O2S. The molecule has 31 heavy (non-hydrogen) atoms. The number of aryl methyl sites for hydroxylation is 1. The number of amides is 2. The van der Waals surface area contributed by atoms with Crippen molar-refractivity contribution in [2.75, 3.05) is 16.8 Å². The number of nitrogens with one attached hydrogen (secondary N) is 1. The molecule has 1 fully saturated rings. The highest BCUT2D eigenvalue weighted by Gasteiger charge is 2.35. The Balaban J connectivity index is 1.32. The highest BCUT2D eigenvalue weighted by molar-refractivity contribution is 7.15. The molecule has 3 heterocycles. The Bertz CT molecular complexity index is 1280. The van der Waals surface area contributed by atoms with E-state index in [1.807, 2.05) is 60.8 Å². The predicted octanol–water partition coefficient (Wildman–Crippen LogP) is 4.41. The van der Waals surface area contributed by atoms with E-state index < -0.39 is 5.92 Å². The van der Waals surface area contributed by atoms with Gasteiger partial charge in [-0.3, -0.25) is 14.9 Å². The number of thiazole rings is 1. The molecule has 156 valence electrons. The van der Waals surface area contributed by atoms with Crippen molar-refractivity contribution < 1.29 is 9.59 Å². The van der Waals surface area contributed by atoms with Crippen LogP contribution >= 0.6 is 22.9 Å². The second-order valence-corrected chi connectivity index (χ2v) is 8.76. The third kappa shape index (κ3) is 3.80. The SMILES string of the molecule is Cc1ccc(N2CC(C(=O)Nc3nc4scc(-c5ccc(Cl)cc5)n4n3)CC2=O)cc1. The molecule has 2 aromatic carbocycles. The zero-order chi connectivity index (χ0) is 21.5. The van der Waals surface area contributed by atoms with Gasteiger partial charge in [0.25, 0.3) is 0 Å². The molecule has 1 aliphatic rings. The molecule has 0 spiro atoms. The van der Waals surface area contributed by atoms with Gasteiger partial charge in [0.2, 0.25) is 22.7 Å². The number of fused-ring (bicyclic) bond motifs is 1. The maximum atomic E-state index is 12.8. The largest absolute Gasteiger partial charge is 0.312 e. The molecule has 1 saturated heterocycles. The van der Waals surface area contributed by atoms with Crippen molar-refractivity contribution in [2.45, 2.75) is 13.3 Å². The summed E-state index contributed by atoms with van der Waals surface area (Å²) in [6.45, 7) is 2.33. The molecule has 0 radical (unpaired) electrons. The lowest BCUT2D eigenvalue weighted by molar-refractivity contribution is -0.122. The number of benzene rings is 2. The first kappa shape index (κ1) is 19.7. The molecular weight excluding hydrogens is 434 g/mol. The number of hydrogen-bond acceptors (Lipinski definition) is 5. The fraction of sp³-hybridized carbons (Fsp3) is 0.182. The van der Waals surface area contributed by atoms with Crippen molar-refractivity contribution in [3.63, 3.8) is 0 Å². The van der Waals surface area contributed by atoms with Gasteiger partial charge in [0.05, 0.1) is 11.6 Å². The van der Waals surface area contributed by atoms with Crippen molar-refractivity contribution in [3.8, 4) is 11.3 Å². The van der Waals surface area contributed by atoms with Gasteiger partial charge in [0.15, 0.2) is 0 Å². The van der Waals surface area contributed by atoms with Gasteiger partial charge >= 0.3 is 0 Å². The van der Waals surface area contributed by atoms with Gasteiger partial charge in [-0.05, 0) is 31.2 Å². The highest BCUT2D eigenvalue weighted by Crippen LogP contribution is 2.28. The molecule has 0 aliphatic carbocycles. The van der Waals surface area contributed by atoms with E-state index in [9.17, 15) is 9.59 Å². The van der Waals surface area contributed by atoms with E-state index in [1.165, 1.54) is 11.3 Å². The molecule has 4 aromatic rings. The van der Waals surface area contributed by atoms with Crippen molar-refractivity contribution in [1.29, 1.82) is 0 Å². The van der Waals surface area contributed by atoms with Crippen molar-refractivity contribution in [1.82, 2.24) is 14.6 Å². The summed E-state index contributed by atoms with van der Waals surface area (Å²) in [6.07, 6.45) is 0.165. The minimum absolute atomic E-state index is 0.0622. The maximum absolute atomic E-state index is 12.8. The molecule has 0 bridgehead atoms. The molecule has 2 aromatic heterocycles. The molecule has 1 aliphatic heterocycles. The minimum Gasteiger partial charge on any atom is -0.312 e. The van der Waals surface area contributed by atoms with Crippen LogP contribution in [-0.4, -0.2) is 33.0 Å². The number of anilines is 2. The van der Waals surface area contributed by atoms with E-state index in [4.69, 9.17) is 11.6 Å². The number of carbonyl (C=O) groups excluding carboxylic acids is 2. The second kappa shape index (κ2) is 7.79. The van der Waals surface area contributed by atoms with E-state index in [1.54, 1.807) is 9.42 Å². The van der Waals surface area contributed by atoms with Gasteiger partial charge in [-0.2, -0.15) is 4.98 Å². The lowest BCUT2D eigenvalue weighted by Crippen LogP contribution is -2.28. The summed E-state index contributed by atoms with van der Waals surface area (Å²) >= 11 is 7.41. The number of hydrogen-bond donors (Lipinski definition) is 1. The van der Waals surface area contributed by atoms with Crippen molar-refractivity contribution in [2.24, 2.45) is 5.92 Å². The zero-order valence-corrected chi connectivity index (χ0v) is 18.2. The van der Waals surface area contributed by atoms with Crippen LogP contribution in [0.5, 0.6) is 0 Å². The van der Waals surface area contributed by atoms with E-state index in [0.717, 1.165) is 22.5 Å². The van der Waals surface area contributed by atoms with Gasteiger partial charge in [-0.1, -0.05) is 41.4 Å². The van der Waals surface area contributed by atoms with Crippen LogP contribution < -0.4 is 10.2 Å². The van der Waals surface area contributed by atoms with Crippen LogP contribution in [0.2, 0.25) is 5.02 Å². The van der Waals surface area contributed by atoms with Crippen LogP contribution in [0.4, 0.5) is 11.6 Å². The summed E-state index contributed by atoms with van der Waals surface area (Å²) in [5.41, 5.74) is 3.74. The van der Waals surface area contributed by atoms with Crippen molar-refractivity contribution in [3.05, 3.63) is 64.5 Å². The fourth-order valence-corrected chi connectivity index (χ4v) is 4.58. The van der Waals surface area contributed by atoms with Gasteiger partial charge in [0, 0.05) is 34.6 Å². The molecule has 7 nitrogen and oxygen atoms in total. The van der Waals surface area contributed by atoms with Gasteiger partial charge < -0.3 is 4.90 Å². The number of aromatic nitrogens is 3.